The Bertz CT molecular complexity index is 454. The van der Waals surface area contributed by atoms with Crippen LogP contribution in [-0.4, -0.2) is 19.7 Å². The Kier molecular flexibility index (Phi) is 4.47. The van der Waals surface area contributed by atoms with Gasteiger partial charge in [0.05, 0.1) is 12.2 Å². The highest BCUT2D eigenvalue weighted by Crippen LogP contribution is 2.31. The summed E-state index contributed by atoms with van der Waals surface area (Å²) < 4.78 is 42.9. The van der Waals surface area contributed by atoms with Gasteiger partial charge in [0.1, 0.15) is 5.75 Å². The van der Waals surface area contributed by atoms with E-state index in [1.807, 2.05) is 0 Å². The number of ether oxygens (including phenoxy) is 1. The van der Waals surface area contributed by atoms with Crippen LogP contribution < -0.4 is 10.1 Å². The molecule has 0 radical (unpaired) electrons. The molecule has 1 aromatic carbocycles. The Hall–Kier alpha value is -1.49. The van der Waals surface area contributed by atoms with Gasteiger partial charge in [0.25, 0.3) is 0 Å². The van der Waals surface area contributed by atoms with Crippen molar-refractivity contribution in [1.29, 1.82) is 0 Å². The van der Waals surface area contributed by atoms with Gasteiger partial charge in [-0.3, -0.25) is 0 Å². The number of alkyl halides is 3. The molecule has 2 rings (SSSR count). The lowest BCUT2D eigenvalue weighted by Gasteiger charge is -2.15. The lowest BCUT2D eigenvalue weighted by Crippen LogP contribution is -2.23. The van der Waals surface area contributed by atoms with E-state index in [1.54, 1.807) is 6.07 Å². The van der Waals surface area contributed by atoms with Gasteiger partial charge in [-0.15, -0.1) is 0 Å². The topological polar surface area (TPSA) is 21.3 Å². The van der Waals surface area contributed by atoms with Gasteiger partial charge >= 0.3 is 6.18 Å². The Morgan fingerprint density at radius 3 is 2.79 bits per heavy atom. The lowest BCUT2D eigenvalue weighted by molar-refractivity contribution is -0.137. The van der Waals surface area contributed by atoms with Crippen molar-refractivity contribution in [3.63, 3.8) is 0 Å². The van der Waals surface area contributed by atoms with Crippen LogP contribution >= 0.6 is 0 Å². The molecule has 104 valence electrons. The maximum atomic E-state index is 12.5. The summed E-state index contributed by atoms with van der Waals surface area (Å²) >= 11 is 0. The molecule has 0 unspecified atom stereocenters. The molecule has 1 aliphatic rings. The summed E-state index contributed by atoms with van der Waals surface area (Å²) in [4.78, 5) is 0. The minimum Gasteiger partial charge on any atom is -0.493 e. The Labute approximate surface area is 110 Å². The van der Waals surface area contributed by atoms with Crippen molar-refractivity contribution in [3.05, 3.63) is 41.5 Å². The summed E-state index contributed by atoms with van der Waals surface area (Å²) in [6.45, 7) is 2.22. The molecule has 0 aromatic heterocycles. The SMILES string of the molecule is FC(F)(F)c1cccc(OCCC2=CCCNC2)c1. The molecule has 0 spiro atoms. The summed E-state index contributed by atoms with van der Waals surface area (Å²) in [5.74, 6) is 0.263. The Morgan fingerprint density at radius 2 is 2.11 bits per heavy atom. The highest BCUT2D eigenvalue weighted by molar-refractivity contribution is 5.30. The second kappa shape index (κ2) is 6.10. The highest BCUT2D eigenvalue weighted by Gasteiger charge is 2.30. The summed E-state index contributed by atoms with van der Waals surface area (Å²) in [6.07, 6.45) is -0.427. The van der Waals surface area contributed by atoms with Crippen molar-refractivity contribution < 1.29 is 17.9 Å². The molecule has 0 bridgehead atoms. The summed E-state index contributed by atoms with van der Waals surface area (Å²) in [5.41, 5.74) is 0.571. The molecular weight excluding hydrogens is 255 g/mol. The minimum atomic E-state index is -4.32. The van der Waals surface area contributed by atoms with Crippen LogP contribution in [0.4, 0.5) is 13.2 Å². The fourth-order valence-corrected chi connectivity index (χ4v) is 1.95. The number of rotatable bonds is 4. The van der Waals surface area contributed by atoms with Gasteiger partial charge in [-0.25, -0.2) is 0 Å². The lowest BCUT2D eigenvalue weighted by atomic mass is 10.1. The summed E-state index contributed by atoms with van der Waals surface area (Å²) in [5, 5.41) is 3.24. The van der Waals surface area contributed by atoms with Crippen molar-refractivity contribution in [3.8, 4) is 5.75 Å². The molecule has 1 aliphatic heterocycles. The van der Waals surface area contributed by atoms with Crippen LogP contribution in [0.5, 0.6) is 5.75 Å². The largest absolute Gasteiger partial charge is 0.493 e. The zero-order valence-electron chi connectivity index (χ0n) is 10.5. The standard InChI is InChI=1S/C14H16F3NO/c15-14(16,17)12-4-1-5-13(9-12)19-8-6-11-3-2-7-18-10-11/h1,3-5,9,18H,2,6-8,10H2. The molecular formula is C14H16F3NO. The molecule has 0 fully saturated rings. The summed E-state index contributed by atoms with van der Waals surface area (Å²) in [7, 11) is 0. The van der Waals surface area contributed by atoms with E-state index in [-0.39, 0.29) is 5.75 Å². The van der Waals surface area contributed by atoms with Gasteiger partial charge in [0.15, 0.2) is 0 Å². The normalized spacial score (nSPS) is 16.1. The first-order valence-electron chi connectivity index (χ1n) is 6.24. The van der Waals surface area contributed by atoms with Crippen LogP contribution in [0, 0.1) is 0 Å². The van der Waals surface area contributed by atoms with E-state index in [4.69, 9.17) is 4.74 Å². The third kappa shape index (κ3) is 4.28. The Balaban J connectivity index is 1.87. The van der Waals surface area contributed by atoms with Crippen LogP contribution in [-0.2, 0) is 6.18 Å². The average molecular weight is 271 g/mol. The van der Waals surface area contributed by atoms with E-state index < -0.39 is 11.7 Å². The molecule has 1 heterocycles. The number of hydrogen-bond acceptors (Lipinski definition) is 2. The Morgan fingerprint density at radius 1 is 1.26 bits per heavy atom. The third-order valence-corrected chi connectivity index (χ3v) is 2.96. The molecule has 0 atom stereocenters. The number of nitrogens with one attached hydrogen (secondary N) is 1. The van der Waals surface area contributed by atoms with Crippen LogP contribution in [0.3, 0.4) is 0 Å². The van der Waals surface area contributed by atoms with E-state index in [2.05, 4.69) is 11.4 Å². The first kappa shape index (κ1) is 13.9. The van der Waals surface area contributed by atoms with Gasteiger partial charge in [-0.05, 0) is 31.2 Å². The maximum Gasteiger partial charge on any atom is 0.416 e. The van der Waals surface area contributed by atoms with Crippen molar-refractivity contribution in [2.75, 3.05) is 19.7 Å². The molecule has 0 saturated carbocycles. The van der Waals surface area contributed by atoms with Crippen molar-refractivity contribution in [2.45, 2.75) is 19.0 Å². The zero-order chi connectivity index (χ0) is 13.7. The van der Waals surface area contributed by atoms with Crippen molar-refractivity contribution in [1.82, 2.24) is 5.32 Å². The molecule has 0 amide bonds. The minimum absolute atomic E-state index is 0.263. The van der Waals surface area contributed by atoms with Gasteiger partial charge in [0.2, 0.25) is 0 Å². The zero-order valence-corrected chi connectivity index (χ0v) is 10.5. The van der Waals surface area contributed by atoms with E-state index in [0.29, 0.717) is 6.61 Å². The third-order valence-electron chi connectivity index (χ3n) is 2.96. The molecule has 0 saturated heterocycles. The molecule has 1 N–H and O–H groups in total. The average Bonchev–Trinajstić information content (AvgIpc) is 2.39. The smallest absolute Gasteiger partial charge is 0.416 e. The van der Waals surface area contributed by atoms with E-state index >= 15 is 0 Å². The molecule has 1 aromatic rings. The monoisotopic (exact) mass is 271 g/mol. The van der Waals surface area contributed by atoms with E-state index in [0.717, 1.165) is 38.1 Å². The predicted molar refractivity (Wildman–Crippen MR) is 67.1 cm³/mol. The van der Waals surface area contributed by atoms with Gasteiger partial charge in [-0.1, -0.05) is 17.7 Å². The second-order valence-electron chi connectivity index (χ2n) is 4.45. The molecule has 5 heteroatoms. The summed E-state index contributed by atoms with van der Waals surface area (Å²) in [6, 6.07) is 4.98. The fourth-order valence-electron chi connectivity index (χ4n) is 1.95. The predicted octanol–water partition coefficient (Wildman–Crippen LogP) is 3.39. The van der Waals surface area contributed by atoms with E-state index in [1.165, 1.54) is 11.6 Å². The number of hydrogen-bond donors (Lipinski definition) is 1. The number of halogens is 3. The van der Waals surface area contributed by atoms with E-state index in [9.17, 15) is 13.2 Å². The highest BCUT2D eigenvalue weighted by atomic mass is 19.4. The van der Waals surface area contributed by atoms with Crippen LogP contribution in [0.2, 0.25) is 0 Å². The molecule has 0 aliphatic carbocycles. The molecule has 2 nitrogen and oxygen atoms in total. The fraction of sp³-hybridized carbons (Fsp3) is 0.429. The van der Waals surface area contributed by atoms with Gasteiger partial charge in [-0.2, -0.15) is 13.2 Å². The van der Waals surface area contributed by atoms with Crippen LogP contribution in [0.25, 0.3) is 0 Å². The number of benzene rings is 1. The first-order valence-corrected chi connectivity index (χ1v) is 6.24. The van der Waals surface area contributed by atoms with Crippen molar-refractivity contribution in [2.24, 2.45) is 0 Å². The van der Waals surface area contributed by atoms with Gasteiger partial charge in [0, 0.05) is 13.0 Å². The van der Waals surface area contributed by atoms with Crippen LogP contribution in [0.1, 0.15) is 18.4 Å². The first-order chi connectivity index (χ1) is 9.05. The van der Waals surface area contributed by atoms with Crippen molar-refractivity contribution >= 4 is 0 Å². The van der Waals surface area contributed by atoms with Gasteiger partial charge < -0.3 is 10.1 Å². The quantitative estimate of drug-likeness (QED) is 0.847. The molecule has 19 heavy (non-hydrogen) atoms. The van der Waals surface area contributed by atoms with Crippen LogP contribution in [0.15, 0.2) is 35.9 Å². The second-order valence-corrected chi connectivity index (χ2v) is 4.45. The maximum absolute atomic E-state index is 12.5.